The van der Waals surface area contributed by atoms with Crippen molar-refractivity contribution in [2.45, 2.75) is 0 Å². The van der Waals surface area contributed by atoms with Crippen molar-refractivity contribution in [3.8, 4) is 11.1 Å². The summed E-state index contributed by atoms with van der Waals surface area (Å²) in [5, 5.41) is 0. The molecule has 2 aliphatic rings. The highest BCUT2D eigenvalue weighted by molar-refractivity contribution is 6.24. The van der Waals surface area contributed by atoms with Gasteiger partial charge in [0.1, 0.15) is 0 Å². The van der Waals surface area contributed by atoms with E-state index >= 15 is 0 Å². The Balaban J connectivity index is 1.92. The third kappa shape index (κ3) is 1.65. The minimum absolute atomic E-state index is 0.308. The predicted molar refractivity (Wildman–Crippen MR) is 84.7 cm³/mol. The first kappa shape index (κ1) is 14.3. The summed E-state index contributed by atoms with van der Waals surface area (Å²) in [7, 11) is 2.87. The van der Waals surface area contributed by atoms with Crippen LogP contribution in [0.3, 0.4) is 0 Å². The number of carbonyl (C=O) groups excluding carboxylic acids is 4. The molecule has 2 heterocycles. The Kier molecular flexibility index (Phi) is 2.75. The largest absolute Gasteiger partial charge is 0.277 e. The summed E-state index contributed by atoms with van der Waals surface area (Å²) >= 11 is 0. The van der Waals surface area contributed by atoms with Crippen LogP contribution in [-0.2, 0) is 0 Å². The van der Waals surface area contributed by atoms with E-state index < -0.39 is 0 Å². The molecule has 0 saturated heterocycles. The van der Waals surface area contributed by atoms with Crippen molar-refractivity contribution in [2.75, 3.05) is 14.1 Å². The van der Waals surface area contributed by atoms with Crippen LogP contribution in [0.2, 0.25) is 0 Å². The van der Waals surface area contributed by atoms with Crippen molar-refractivity contribution in [2.24, 2.45) is 0 Å². The highest BCUT2D eigenvalue weighted by atomic mass is 16.2. The van der Waals surface area contributed by atoms with Gasteiger partial charge in [-0.3, -0.25) is 29.0 Å². The molecule has 0 radical (unpaired) electrons. The second kappa shape index (κ2) is 4.61. The quantitative estimate of drug-likeness (QED) is 0.751. The Hall–Kier alpha value is -3.28. The van der Waals surface area contributed by atoms with Crippen LogP contribution in [0.1, 0.15) is 41.4 Å². The molecule has 2 aromatic rings. The molecule has 0 fully saturated rings. The molecule has 0 atom stereocenters. The van der Waals surface area contributed by atoms with Crippen molar-refractivity contribution in [1.82, 2.24) is 9.80 Å². The molecule has 24 heavy (non-hydrogen) atoms. The number of hydrogen-bond acceptors (Lipinski definition) is 4. The van der Waals surface area contributed by atoms with Crippen molar-refractivity contribution in [3.63, 3.8) is 0 Å². The van der Waals surface area contributed by atoms with Crippen LogP contribution in [0.5, 0.6) is 0 Å². The summed E-state index contributed by atoms with van der Waals surface area (Å²) in [4.78, 5) is 50.8. The Morgan fingerprint density at radius 1 is 0.625 bits per heavy atom. The zero-order valence-electron chi connectivity index (χ0n) is 13.0. The number of carbonyl (C=O) groups is 4. The van der Waals surface area contributed by atoms with Crippen LogP contribution >= 0.6 is 0 Å². The first-order chi connectivity index (χ1) is 11.4. The molecular weight excluding hydrogens is 308 g/mol. The number of hydrogen-bond donors (Lipinski definition) is 0. The van der Waals surface area contributed by atoms with Crippen molar-refractivity contribution < 1.29 is 19.2 Å². The summed E-state index contributed by atoms with van der Waals surface area (Å²) in [5.74, 6) is -1.43. The van der Waals surface area contributed by atoms with E-state index in [0.29, 0.717) is 33.4 Å². The van der Waals surface area contributed by atoms with E-state index in [4.69, 9.17) is 0 Å². The number of fused-ring (bicyclic) bond motifs is 2. The molecule has 4 amide bonds. The van der Waals surface area contributed by atoms with Gasteiger partial charge in [0.25, 0.3) is 23.6 Å². The summed E-state index contributed by atoms with van der Waals surface area (Å²) in [6.07, 6.45) is 0. The maximum Gasteiger partial charge on any atom is 0.261 e. The highest BCUT2D eigenvalue weighted by Crippen LogP contribution is 2.34. The van der Waals surface area contributed by atoms with E-state index in [0.717, 1.165) is 9.80 Å². The Bertz CT molecular complexity index is 977. The molecular formula is C18H12N2O4. The van der Waals surface area contributed by atoms with E-state index in [2.05, 4.69) is 0 Å². The number of nitrogens with zero attached hydrogens (tertiary/aromatic N) is 2. The van der Waals surface area contributed by atoms with E-state index in [1.807, 2.05) is 0 Å². The molecule has 0 aliphatic carbocycles. The highest BCUT2D eigenvalue weighted by Gasteiger charge is 2.36. The Labute approximate surface area is 137 Å². The fraction of sp³-hybridized carbons (Fsp3) is 0.111. The molecule has 0 N–H and O–H groups in total. The Morgan fingerprint density at radius 3 is 1.96 bits per heavy atom. The molecule has 0 unspecified atom stereocenters. The summed E-state index contributed by atoms with van der Waals surface area (Å²) in [5.41, 5.74) is 2.53. The molecule has 118 valence electrons. The van der Waals surface area contributed by atoms with Crippen molar-refractivity contribution >= 4 is 23.6 Å². The van der Waals surface area contributed by atoms with Gasteiger partial charge in [0, 0.05) is 14.1 Å². The zero-order valence-corrected chi connectivity index (χ0v) is 13.0. The zero-order chi connectivity index (χ0) is 17.2. The number of imide groups is 2. The van der Waals surface area contributed by atoms with Gasteiger partial charge in [0.05, 0.1) is 22.3 Å². The third-order valence-electron chi connectivity index (χ3n) is 4.52. The maximum absolute atomic E-state index is 12.4. The second-order valence-corrected chi connectivity index (χ2v) is 5.83. The lowest BCUT2D eigenvalue weighted by Crippen LogP contribution is -2.24. The summed E-state index contributed by atoms with van der Waals surface area (Å²) in [6.45, 7) is 0. The van der Waals surface area contributed by atoms with Crippen LogP contribution < -0.4 is 0 Å². The number of amides is 4. The lowest BCUT2D eigenvalue weighted by Gasteiger charge is -2.08. The molecule has 4 rings (SSSR count). The molecule has 0 aromatic heterocycles. The van der Waals surface area contributed by atoms with E-state index in [1.165, 1.54) is 14.1 Å². The fourth-order valence-electron chi connectivity index (χ4n) is 3.17. The molecule has 2 aliphatic heterocycles. The molecule has 0 spiro atoms. The van der Waals surface area contributed by atoms with Gasteiger partial charge >= 0.3 is 0 Å². The number of benzene rings is 2. The van der Waals surface area contributed by atoms with Crippen molar-refractivity contribution in [3.05, 3.63) is 58.7 Å². The van der Waals surface area contributed by atoms with Crippen LogP contribution in [0.25, 0.3) is 11.1 Å². The topological polar surface area (TPSA) is 74.8 Å². The van der Waals surface area contributed by atoms with Crippen LogP contribution in [0, 0.1) is 0 Å². The number of rotatable bonds is 1. The molecule has 6 heteroatoms. The SMILES string of the molecule is CN1C(=O)c2ccc(-c3cccc4c3C(=O)N(C)C4=O)cc2C1=O. The lowest BCUT2D eigenvalue weighted by atomic mass is 9.94. The molecule has 0 bridgehead atoms. The van der Waals surface area contributed by atoms with Gasteiger partial charge in [0.15, 0.2) is 0 Å². The second-order valence-electron chi connectivity index (χ2n) is 5.83. The van der Waals surface area contributed by atoms with E-state index in [1.54, 1.807) is 36.4 Å². The first-order valence-corrected chi connectivity index (χ1v) is 7.34. The van der Waals surface area contributed by atoms with Gasteiger partial charge in [0.2, 0.25) is 0 Å². The fourth-order valence-corrected chi connectivity index (χ4v) is 3.17. The van der Waals surface area contributed by atoms with Gasteiger partial charge < -0.3 is 0 Å². The normalized spacial score (nSPS) is 16.1. The minimum Gasteiger partial charge on any atom is -0.277 e. The van der Waals surface area contributed by atoms with Gasteiger partial charge in [-0.25, -0.2) is 0 Å². The average Bonchev–Trinajstić information content (AvgIpc) is 2.96. The summed E-state index contributed by atoms with van der Waals surface area (Å²) in [6, 6.07) is 9.91. The third-order valence-corrected chi connectivity index (χ3v) is 4.52. The molecule has 0 saturated carbocycles. The van der Waals surface area contributed by atoms with Crippen molar-refractivity contribution in [1.29, 1.82) is 0 Å². The van der Waals surface area contributed by atoms with Gasteiger partial charge in [-0.2, -0.15) is 0 Å². The first-order valence-electron chi connectivity index (χ1n) is 7.34. The van der Waals surface area contributed by atoms with Gasteiger partial charge in [-0.1, -0.05) is 18.2 Å². The average molecular weight is 320 g/mol. The lowest BCUT2D eigenvalue weighted by molar-refractivity contribution is 0.0678. The van der Waals surface area contributed by atoms with Crippen LogP contribution in [0.15, 0.2) is 36.4 Å². The smallest absolute Gasteiger partial charge is 0.261 e. The van der Waals surface area contributed by atoms with Gasteiger partial charge in [-0.15, -0.1) is 0 Å². The van der Waals surface area contributed by atoms with E-state index in [-0.39, 0.29) is 23.6 Å². The monoisotopic (exact) mass is 320 g/mol. The maximum atomic E-state index is 12.4. The minimum atomic E-state index is -0.371. The van der Waals surface area contributed by atoms with E-state index in [9.17, 15) is 19.2 Å². The van der Waals surface area contributed by atoms with Crippen LogP contribution in [-0.4, -0.2) is 47.5 Å². The predicted octanol–water partition coefficient (Wildman–Crippen LogP) is 1.81. The van der Waals surface area contributed by atoms with Gasteiger partial charge in [-0.05, 0) is 29.3 Å². The Morgan fingerprint density at radius 2 is 1.21 bits per heavy atom. The molecule has 2 aromatic carbocycles. The standard InChI is InChI=1S/C18H12N2O4/c1-19-15(21)11-7-6-9(8-13(11)17(19)23)10-4-3-5-12-14(10)18(24)20(2)16(12)22/h3-8H,1-2H3. The van der Waals surface area contributed by atoms with Crippen LogP contribution in [0.4, 0.5) is 0 Å². The molecule has 6 nitrogen and oxygen atoms in total. The summed E-state index contributed by atoms with van der Waals surface area (Å²) < 4.78 is 0.